The molecule has 1 aromatic heterocycles. The number of H-pyrrole nitrogens is 1. The van der Waals surface area contributed by atoms with Crippen molar-refractivity contribution in [2.24, 2.45) is 0 Å². The molecule has 0 atom stereocenters. The number of rotatable bonds is 3. The summed E-state index contributed by atoms with van der Waals surface area (Å²) in [5.74, 6) is 2.05. The summed E-state index contributed by atoms with van der Waals surface area (Å²) in [6, 6.07) is 8.30. The van der Waals surface area contributed by atoms with E-state index in [1.165, 1.54) is 31.2 Å². The highest BCUT2D eigenvalue weighted by molar-refractivity contribution is 5.33. The molecule has 1 heterocycles. The molecule has 1 aliphatic carbocycles. The number of carbonyl (C=O) groups excluding carboxylic acids is 2. The molecule has 3 rings (SSSR count). The average Bonchev–Trinajstić information content (AvgIpc) is 3.13. The van der Waals surface area contributed by atoms with Gasteiger partial charge in [-0.05, 0) is 36.5 Å². The highest BCUT2D eigenvalue weighted by atomic mass is 16.5. The summed E-state index contributed by atoms with van der Waals surface area (Å²) in [5, 5.41) is 10.1. The van der Waals surface area contributed by atoms with Gasteiger partial charge in [0, 0.05) is 0 Å². The second-order valence-corrected chi connectivity index (χ2v) is 4.55. The highest BCUT2D eigenvalue weighted by Crippen LogP contribution is 2.35. The molecule has 1 N–H and O–H groups in total. The summed E-state index contributed by atoms with van der Waals surface area (Å²) in [7, 11) is 0. The number of hydrogen-bond donors (Lipinski definition) is 1. The summed E-state index contributed by atoms with van der Waals surface area (Å²) in [4.78, 5) is 16.2. The molecular formula is C14H15N3O3. The summed E-state index contributed by atoms with van der Waals surface area (Å²) >= 11 is 0. The zero-order valence-corrected chi connectivity index (χ0v) is 10.9. The normalized spacial score (nSPS) is 14.2. The molecule has 0 aliphatic heterocycles. The molecule has 20 heavy (non-hydrogen) atoms. The first-order chi connectivity index (χ1) is 9.83. The van der Waals surface area contributed by atoms with Crippen molar-refractivity contribution >= 4 is 6.15 Å². The van der Waals surface area contributed by atoms with E-state index in [2.05, 4.69) is 27.5 Å². The largest absolute Gasteiger partial charge is 0.436 e. The van der Waals surface area contributed by atoms with Crippen molar-refractivity contribution in [2.75, 3.05) is 0 Å². The third kappa shape index (κ3) is 3.76. The van der Waals surface area contributed by atoms with Crippen LogP contribution in [0.5, 0.6) is 11.6 Å². The Kier molecular flexibility index (Phi) is 5.03. The fraction of sp³-hybridized carbons (Fsp3) is 0.357. The van der Waals surface area contributed by atoms with Crippen LogP contribution in [0.1, 0.15) is 37.2 Å². The zero-order valence-electron chi connectivity index (χ0n) is 10.9. The molecule has 0 bridgehead atoms. The Morgan fingerprint density at radius 3 is 2.65 bits per heavy atom. The first kappa shape index (κ1) is 14.0. The van der Waals surface area contributed by atoms with E-state index in [1.807, 2.05) is 12.1 Å². The SMILES string of the molecule is O=C=O.c1cc(Oc2cn[nH]n2)cc(C2CCCC2)c1. The first-order valence-corrected chi connectivity index (χ1v) is 6.46. The molecule has 1 saturated carbocycles. The quantitative estimate of drug-likeness (QED) is 0.929. The third-order valence-electron chi connectivity index (χ3n) is 3.30. The molecule has 0 amide bonds. The van der Waals surface area contributed by atoms with Crippen LogP contribution in [0.2, 0.25) is 0 Å². The number of nitrogens with one attached hydrogen (secondary N) is 1. The lowest BCUT2D eigenvalue weighted by Crippen LogP contribution is -1.93. The van der Waals surface area contributed by atoms with E-state index in [0.29, 0.717) is 11.8 Å². The van der Waals surface area contributed by atoms with Crippen LogP contribution in [0, 0.1) is 0 Å². The Morgan fingerprint density at radius 1 is 1.25 bits per heavy atom. The number of aromatic amines is 1. The summed E-state index contributed by atoms with van der Waals surface area (Å²) < 4.78 is 5.61. The van der Waals surface area contributed by atoms with Crippen LogP contribution < -0.4 is 4.74 Å². The molecule has 0 spiro atoms. The number of hydrogen-bond acceptors (Lipinski definition) is 5. The second-order valence-electron chi connectivity index (χ2n) is 4.55. The molecule has 2 aromatic rings. The van der Waals surface area contributed by atoms with E-state index in [4.69, 9.17) is 14.3 Å². The number of ether oxygens (including phenoxy) is 1. The Bertz CT molecular complexity index is 557. The van der Waals surface area contributed by atoms with Crippen molar-refractivity contribution in [3.05, 3.63) is 36.0 Å². The maximum atomic E-state index is 8.12. The van der Waals surface area contributed by atoms with Crippen LogP contribution in [-0.4, -0.2) is 21.6 Å². The number of nitrogens with zero attached hydrogens (tertiary/aromatic N) is 2. The van der Waals surface area contributed by atoms with Gasteiger partial charge in [-0.25, -0.2) is 0 Å². The van der Waals surface area contributed by atoms with Gasteiger partial charge in [0.05, 0.1) is 0 Å². The van der Waals surface area contributed by atoms with Crippen LogP contribution in [0.15, 0.2) is 30.5 Å². The molecule has 6 nitrogen and oxygen atoms in total. The van der Waals surface area contributed by atoms with Gasteiger partial charge in [0.1, 0.15) is 11.9 Å². The van der Waals surface area contributed by atoms with E-state index >= 15 is 0 Å². The van der Waals surface area contributed by atoms with Gasteiger partial charge in [0.2, 0.25) is 0 Å². The van der Waals surface area contributed by atoms with E-state index in [-0.39, 0.29) is 6.15 Å². The lowest BCUT2D eigenvalue weighted by atomic mass is 9.98. The fourth-order valence-corrected chi connectivity index (χ4v) is 2.45. The average molecular weight is 273 g/mol. The predicted molar refractivity (Wildman–Crippen MR) is 69.1 cm³/mol. The van der Waals surface area contributed by atoms with Crippen LogP contribution in [0.3, 0.4) is 0 Å². The molecule has 1 fully saturated rings. The van der Waals surface area contributed by atoms with Crippen LogP contribution >= 0.6 is 0 Å². The Labute approximate surface area is 116 Å². The lowest BCUT2D eigenvalue weighted by Gasteiger charge is -2.10. The van der Waals surface area contributed by atoms with E-state index in [9.17, 15) is 0 Å². The van der Waals surface area contributed by atoms with Crippen LogP contribution in [0.25, 0.3) is 0 Å². The van der Waals surface area contributed by atoms with Gasteiger partial charge in [-0.3, -0.25) is 0 Å². The van der Waals surface area contributed by atoms with Crippen molar-refractivity contribution < 1.29 is 14.3 Å². The summed E-state index contributed by atoms with van der Waals surface area (Å²) in [5.41, 5.74) is 1.38. The molecule has 0 saturated heterocycles. The van der Waals surface area contributed by atoms with Gasteiger partial charge >= 0.3 is 6.15 Å². The fourth-order valence-electron chi connectivity index (χ4n) is 2.45. The third-order valence-corrected chi connectivity index (χ3v) is 3.30. The number of benzene rings is 1. The standard InChI is InChI=1S/C13H15N3O.CO2/c1-2-5-10(4-1)11-6-3-7-12(8-11)17-13-9-14-16-15-13;2-1-3/h3,6-10H,1-2,4-5H2,(H,14,15,16);. The van der Waals surface area contributed by atoms with Crippen molar-refractivity contribution in [1.82, 2.24) is 15.4 Å². The molecule has 1 aliphatic rings. The van der Waals surface area contributed by atoms with Gasteiger partial charge in [-0.15, -0.1) is 5.10 Å². The Balaban J connectivity index is 0.000000452. The monoisotopic (exact) mass is 273 g/mol. The predicted octanol–water partition coefficient (Wildman–Crippen LogP) is 2.67. The Morgan fingerprint density at radius 2 is 2.00 bits per heavy atom. The molecule has 1 aromatic carbocycles. The maximum absolute atomic E-state index is 8.12. The van der Waals surface area contributed by atoms with Crippen molar-refractivity contribution in [3.63, 3.8) is 0 Å². The first-order valence-electron chi connectivity index (χ1n) is 6.46. The topological polar surface area (TPSA) is 84.9 Å². The molecule has 104 valence electrons. The van der Waals surface area contributed by atoms with Gasteiger partial charge in [-0.1, -0.05) is 25.0 Å². The van der Waals surface area contributed by atoms with Crippen molar-refractivity contribution in [3.8, 4) is 11.6 Å². The van der Waals surface area contributed by atoms with E-state index in [1.54, 1.807) is 6.20 Å². The van der Waals surface area contributed by atoms with Gasteiger partial charge < -0.3 is 4.74 Å². The van der Waals surface area contributed by atoms with Crippen LogP contribution in [0.4, 0.5) is 0 Å². The van der Waals surface area contributed by atoms with Gasteiger partial charge in [0.25, 0.3) is 5.88 Å². The van der Waals surface area contributed by atoms with Gasteiger partial charge in [-0.2, -0.15) is 19.9 Å². The minimum Gasteiger partial charge on any atom is -0.436 e. The minimum absolute atomic E-state index is 0.250. The lowest BCUT2D eigenvalue weighted by molar-refractivity contribution is -0.191. The molecular weight excluding hydrogens is 258 g/mol. The molecule has 6 heteroatoms. The van der Waals surface area contributed by atoms with E-state index in [0.717, 1.165) is 5.75 Å². The van der Waals surface area contributed by atoms with Crippen LogP contribution in [-0.2, 0) is 9.59 Å². The molecule has 0 unspecified atom stereocenters. The van der Waals surface area contributed by atoms with E-state index < -0.39 is 0 Å². The highest BCUT2D eigenvalue weighted by Gasteiger charge is 2.17. The maximum Gasteiger partial charge on any atom is 0.373 e. The summed E-state index contributed by atoms with van der Waals surface area (Å²) in [6.45, 7) is 0. The Hall–Kier alpha value is -2.46. The smallest absolute Gasteiger partial charge is 0.373 e. The summed E-state index contributed by atoms with van der Waals surface area (Å²) in [6.07, 6.45) is 7.11. The molecule has 0 radical (unpaired) electrons. The minimum atomic E-state index is 0.250. The van der Waals surface area contributed by atoms with Crippen molar-refractivity contribution in [2.45, 2.75) is 31.6 Å². The second kappa shape index (κ2) is 7.21. The number of aromatic nitrogens is 3. The van der Waals surface area contributed by atoms with Gasteiger partial charge in [0.15, 0.2) is 0 Å². The zero-order chi connectivity index (χ0) is 14.2. The van der Waals surface area contributed by atoms with Crippen molar-refractivity contribution in [1.29, 1.82) is 0 Å².